The molecule has 0 aromatic carbocycles. The van der Waals surface area contributed by atoms with Crippen molar-refractivity contribution in [2.75, 3.05) is 31.1 Å². The highest BCUT2D eigenvalue weighted by atomic mass is 15.3. The van der Waals surface area contributed by atoms with Crippen molar-refractivity contribution in [1.29, 1.82) is 0 Å². The first-order valence-corrected chi connectivity index (χ1v) is 7.19. The largest absolute Gasteiger partial charge is 0.369 e. The number of aryl methyl sites for hydroxylation is 2. The fourth-order valence-electron chi connectivity index (χ4n) is 2.85. The SMILES string of the molecule is Cc1cc(N2CCN(C(C)C)CC2)c(CN)c(C)n1. The van der Waals surface area contributed by atoms with Gasteiger partial charge in [0.15, 0.2) is 0 Å². The second-order valence-corrected chi connectivity index (χ2v) is 5.67. The van der Waals surface area contributed by atoms with Gasteiger partial charge in [-0.15, -0.1) is 0 Å². The summed E-state index contributed by atoms with van der Waals surface area (Å²) in [5.74, 6) is 0. The number of piperazine rings is 1. The lowest BCUT2D eigenvalue weighted by atomic mass is 10.1. The quantitative estimate of drug-likeness (QED) is 0.900. The number of aromatic nitrogens is 1. The maximum Gasteiger partial charge on any atom is 0.0449 e. The Morgan fingerprint density at radius 3 is 2.37 bits per heavy atom. The fourth-order valence-corrected chi connectivity index (χ4v) is 2.85. The Morgan fingerprint density at radius 2 is 1.84 bits per heavy atom. The topological polar surface area (TPSA) is 45.4 Å². The zero-order valence-corrected chi connectivity index (χ0v) is 12.6. The van der Waals surface area contributed by atoms with E-state index in [0.717, 1.165) is 37.6 Å². The number of nitrogens with two attached hydrogens (primary N) is 1. The van der Waals surface area contributed by atoms with Gasteiger partial charge in [0.25, 0.3) is 0 Å². The molecular formula is C15H26N4. The first kappa shape index (κ1) is 14.3. The molecule has 0 atom stereocenters. The molecule has 2 rings (SSSR count). The van der Waals surface area contributed by atoms with Gasteiger partial charge in [-0.1, -0.05) is 0 Å². The summed E-state index contributed by atoms with van der Waals surface area (Å²) in [7, 11) is 0. The molecule has 1 aliphatic rings. The second kappa shape index (κ2) is 5.88. The fraction of sp³-hybridized carbons (Fsp3) is 0.667. The first-order chi connectivity index (χ1) is 9.02. The van der Waals surface area contributed by atoms with E-state index in [0.29, 0.717) is 12.6 Å². The van der Waals surface area contributed by atoms with Crippen LogP contribution >= 0.6 is 0 Å². The van der Waals surface area contributed by atoms with Gasteiger partial charge >= 0.3 is 0 Å². The maximum absolute atomic E-state index is 5.91. The van der Waals surface area contributed by atoms with Crippen LogP contribution in [0, 0.1) is 13.8 Å². The molecule has 1 aliphatic heterocycles. The Kier molecular flexibility index (Phi) is 4.42. The predicted molar refractivity (Wildman–Crippen MR) is 80.5 cm³/mol. The van der Waals surface area contributed by atoms with Crippen molar-refractivity contribution >= 4 is 5.69 Å². The van der Waals surface area contributed by atoms with E-state index in [-0.39, 0.29) is 0 Å². The van der Waals surface area contributed by atoms with Crippen LogP contribution in [0.3, 0.4) is 0 Å². The Balaban J connectivity index is 2.19. The third-order valence-electron chi connectivity index (χ3n) is 4.02. The third-order valence-corrected chi connectivity index (χ3v) is 4.02. The van der Waals surface area contributed by atoms with E-state index in [1.54, 1.807) is 0 Å². The molecular weight excluding hydrogens is 236 g/mol. The highest BCUT2D eigenvalue weighted by molar-refractivity contribution is 5.56. The lowest BCUT2D eigenvalue weighted by molar-refractivity contribution is 0.209. The van der Waals surface area contributed by atoms with E-state index in [1.807, 2.05) is 0 Å². The molecule has 2 heterocycles. The van der Waals surface area contributed by atoms with Crippen LogP contribution in [-0.2, 0) is 6.54 Å². The maximum atomic E-state index is 5.91. The van der Waals surface area contributed by atoms with Crippen molar-refractivity contribution in [1.82, 2.24) is 9.88 Å². The molecule has 0 aliphatic carbocycles. The molecule has 106 valence electrons. The Bertz CT molecular complexity index is 434. The average Bonchev–Trinajstić information content (AvgIpc) is 2.38. The normalized spacial score (nSPS) is 17.3. The van der Waals surface area contributed by atoms with Gasteiger partial charge in [0.2, 0.25) is 0 Å². The lowest BCUT2D eigenvalue weighted by Gasteiger charge is -2.39. The summed E-state index contributed by atoms with van der Waals surface area (Å²) in [6.45, 7) is 13.6. The molecule has 4 heteroatoms. The predicted octanol–water partition coefficient (Wildman–Crippen LogP) is 1.69. The minimum absolute atomic E-state index is 0.568. The summed E-state index contributed by atoms with van der Waals surface area (Å²) in [5, 5.41) is 0. The number of rotatable bonds is 3. The molecule has 0 spiro atoms. The molecule has 2 N–H and O–H groups in total. The van der Waals surface area contributed by atoms with Crippen molar-refractivity contribution in [3.63, 3.8) is 0 Å². The number of pyridine rings is 1. The monoisotopic (exact) mass is 262 g/mol. The van der Waals surface area contributed by atoms with Gasteiger partial charge in [0, 0.05) is 61.4 Å². The van der Waals surface area contributed by atoms with Crippen molar-refractivity contribution < 1.29 is 0 Å². The number of hydrogen-bond donors (Lipinski definition) is 1. The molecule has 1 fully saturated rings. The van der Waals surface area contributed by atoms with Crippen LogP contribution < -0.4 is 10.6 Å². The highest BCUT2D eigenvalue weighted by Gasteiger charge is 2.21. The summed E-state index contributed by atoms with van der Waals surface area (Å²) in [6.07, 6.45) is 0. The summed E-state index contributed by atoms with van der Waals surface area (Å²) in [5.41, 5.74) is 10.5. The van der Waals surface area contributed by atoms with E-state index in [2.05, 4.69) is 48.5 Å². The van der Waals surface area contributed by atoms with Crippen LogP contribution in [0.1, 0.15) is 30.8 Å². The molecule has 0 radical (unpaired) electrons. The van der Waals surface area contributed by atoms with Crippen molar-refractivity contribution in [2.45, 2.75) is 40.3 Å². The molecule has 4 nitrogen and oxygen atoms in total. The number of hydrogen-bond acceptors (Lipinski definition) is 4. The van der Waals surface area contributed by atoms with E-state index in [9.17, 15) is 0 Å². The standard InChI is InChI=1S/C15H26N4/c1-11(2)18-5-7-19(8-6-18)15-9-12(3)17-13(4)14(15)10-16/h9,11H,5-8,10,16H2,1-4H3. The van der Waals surface area contributed by atoms with E-state index < -0.39 is 0 Å². The van der Waals surface area contributed by atoms with Crippen LogP contribution in [0.2, 0.25) is 0 Å². The zero-order chi connectivity index (χ0) is 14.0. The van der Waals surface area contributed by atoms with Gasteiger partial charge in [0.05, 0.1) is 0 Å². The summed E-state index contributed by atoms with van der Waals surface area (Å²) in [4.78, 5) is 9.51. The van der Waals surface area contributed by atoms with Crippen molar-refractivity contribution in [3.05, 3.63) is 23.0 Å². The molecule has 0 amide bonds. The molecule has 1 aromatic rings. The first-order valence-electron chi connectivity index (χ1n) is 7.19. The van der Waals surface area contributed by atoms with Crippen molar-refractivity contribution in [2.24, 2.45) is 5.73 Å². The Labute approximate surface area is 116 Å². The Morgan fingerprint density at radius 1 is 1.21 bits per heavy atom. The van der Waals surface area contributed by atoms with Gasteiger partial charge < -0.3 is 10.6 Å². The number of anilines is 1. The molecule has 0 bridgehead atoms. The smallest absolute Gasteiger partial charge is 0.0449 e. The molecule has 0 unspecified atom stereocenters. The van der Waals surface area contributed by atoms with Crippen LogP contribution in [0.4, 0.5) is 5.69 Å². The van der Waals surface area contributed by atoms with Crippen LogP contribution in [-0.4, -0.2) is 42.1 Å². The van der Waals surface area contributed by atoms with E-state index in [1.165, 1.54) is 11.3 Å². The number of nitrogens with zero attached hydrogens (tertiary/aromatic N) is 3. The minimum Gasteiger partial charge on any atom is -0.369 e. The third kappa shape index (κ3) is 3.07. The highest BCUT2D eigenvalue weighted by Crippen LogP contribution is 2.25. The van der Waals surface area contributed by atoms with Gasteiger partial charge in [-0.25, -0.2) is 0 Å². The van der Waals surface area contributed by atoms with Crippen LogP contribution in [0.25, 0.3) is 0 Å². The summed E-state index contributed by atoms with van der Waals surface area (Å²) >= 11 is 0. The van der Waals surface area contributed by atoms with Crippen LogP contribution in [0.5, 0.6) is 0 Å². The molecule has 0 saturated carbocycles. The lowest BCUT2D eigenvalue weighted by Crippen LogP contribution is -2.49. The molecule has 1 aromatic heterocycles. The molecule has 19 heavy (non-hydrogen) atoms. The summed E-state index contributed by atoms with van der Waals surface area (Å²) in [6, 6.07) is 2.82. The van der Waals surface area contributed by atoms with Crippen molar-refractivity contribution in [3.8, 4) is 0 Å². The van der Waals surface area contributed by atoms with E-state index in [4.69, 9.17) is 5.73 Å². The zero-order valence-electron chi connectivity index (χ0n) is 12.6. The average molecular weight is 262 g/mol. The van der Waals surface area contributed by atoms with E-state index >= 15 is 0 Å². The minimum atomic E-state index is 0.568. The van der Waals surface area contributed by atoms with Gasteiger partial charge in [-0.3, -0.25) is 9.88 Å². The van der Waals surface area contributed by atoms with Crippen LogP contribution in [0.15, 0.2) is 6.07 Å². The van der Waals surface area contributed by atoms with Gasteiger partial charge in [-0.05, 0) is 33.8 Å². The molecule has 1 saturated heterocycles. The van der Waals surface area contributed by atoms with Gasteiger partial charge in [0.1, 0.15) is 0 Å². The second-order valence-electron chi connectivity index (χ2n) is 5.67. The Hall–Kier alpha value is -1.13. The summed E-state index contributed by atoms with van der Waals surface area (Å²) < 4.78 is 0. The van der Waals surface area contributed by atoms with Gasteiger partial charge in [-0.2, -0.15) is 0 Å².